The van der Waals surface area contributed by atoms with Gasteiger partial charge in [-0.15, -0.1) is 0 Å². The molecular weight excluding hydrogens is 554 g/mol. The number of hydrogen-bond acceptors (Lipinski definition) is 6. The summed E-state index contributed by atoms with van der Waals surface area (Å²) in [7, 11) is -3.60. The highest BCUT2D eigenvalue weighted by atomic mass is 35.5. The number of nitrogens with zero attached hydrogens (tertiary/aromatic N) is 5. The molecule has 0 radical (unpaired) electrons. The number of aromatic nitrogens is 3. The van der Waals surface area contributed by atoms with Gasteiger partial charge in [0.2, 0.25) is 10.0 Å². The van der Waals surface area contributed by atoms with Gasteiger partial charge < -0.3 is 0 Å². The number of thiazole rings is 1. The lowest BCUT2D eigenvalue weighted by molar-refractivity contribution is 0.0985. The van der Waals surface area contributed by atoms with Gasteiger partial charge in [-0.3, -0.25) is 14.4 Å². The molecule has 39 heavy (non-hydrogen) atoms. The third-order valence-electron chi connectivity index (χ3n) is 7.33. The standard InChI is InChI=1S/C28H32ClN5O3S2/c1-18-11-13-32(14-12-18)39(36,37)23-7-5-22(6-8-23)27(35)33(15-16-34-20(3)17-19(2)31-34)28-30-26-21(4)24(29)9-10-25(26)38-28/h5-10,17-18H,11-16H2,1-4H3. The summed E-state index contributed by atoms with van der Waals surface area (Å²) in [5, 5.41) is 5.72. The van der Waals surface area contributed by atoms with Crippen LogP contribution >= 0.6 is 22.9 Å². The molecule has 0 saturated carbocycles. The zero-order valence-corrected chi connectivity index (χ0v) is 24.9. The first kappa shape index (κ1) is 27.8. The summed E-state index contributed by atoms with van der Waals surface area (Å²) in [4.78, 5) is 20.5. The predicted molar refractivity (Wildman–Crippen MR) is 156 cm³/mol. The zero-order chi connectivity index (χ0) is 27.9. The van der Waals surface area contributed by atoms with Crippen LogP contribution in [-0.2, 0) is 16.6 Å². The minimum Gasteiger partial charge on any atom is -0.282 e. The van der Waals surface area contributed by atoms with Crippen molar-refractivity contribution < 1.29 is 13.2 Å². The lowest BCUT2D eigenvalue weighted by Gasteiger charge is -2.29. The fourth-order valence-corrected chi connectivity index (χ4v) is 7.56. The number of sulfonamides is 1. The molecule has 2 aromatic heterocycles. The molecule has 0 bridgehead atoms. The van der Waals surface area contributed by atoms with Gasteiger partial charge in [-0.2, -0.15) is 9.40 Å². The Bertz CT molecular complexity index is 1620. The fraction of sp³-hybridized carbons (Fsp3) is 0.393. The highest BCUT2D eigenvalue weighted by Crippen LogP contribution is 2.34. The van der Waals surface area contributed by atoms with Crippen molar-refractivity contribution in [2.75, 3.05) is 24.5 Å². The monoisotopic (exact) mass is 585 g/mol. The van der Waals surface area contributed by atoms with Crippen molar-refractivity contribution in [1.82, 2.24) is 19.1 Å². The van der Waals surface area contributed by atoms with Gasteiger partial charge in [-0.25, -0.2) is 13.4 Å². The molecule has 1 amide bonds. The van der Waals surface area contributed by atoms with E-state index in [4.69, 9.17) is 16.6 Å². The molecule has 0 N–H and O–H groups in total. The number of carbonyl (C=O) groups is 1. The molecule has 3 heterocycles. The number of amides is 1. The normalized spacial score (nSPS) is 15.2. The van der Waals surface area contributed by atoms with E-state index in [0.29, 0.717) is 47.8 Å². The zero-order valence-electron chi connectivity index (χ0n) is 22.5. The van der Waals surface area contributed by atoms with Gasteiger partial charge >= 0.3 is 0 Å². The summed E-state index contributed by atoms with van der Waals surface area (Å²) in [6.45, 7) is 9.85. The molecule has 2 aromatic carbocycles. The molecule has 206 valence electrons. The van der Waals surface area contributed by atoms with Crippen LogP contribution in [0.15, 0.2) is 47.4 Å². The van der Waals surface area contributed by atoms with Gasteiger partial charge in [0.05, 0.1) is 27.4 Å². The van der Waals surface area contributed by atoms with Crippen LogP contribution in [0.4, 0.5) is 5.13 Å². The molecule has 0 aliphatic carbocycles. The Morgan fingerprint density at radius 2 is 1.79 bits per heavy atom. The molecule has 1 saturated heterocycles. The van der Waals surface area contributed by atoms with Gasteiger partial charge in [0.25, 0.3) is 5.91 Å². The first-order chi connectivity index (χ1) is 18.5. The van der Waals surface area contributed by atoms with Crippen molar-refractivity contribution >= 4 is 54.2 Å². The first-order valence-electron chi connectivity index (χ1n) is 13.0. The Morgan fingerprint density at radius 1 is 1.10 bits per heavy atom. The van der Waals surface area contributed by atoms with E-state index in [9.17, 15) is 13.2 Å². The molecular formula is C28H32ClN5O3S2. The highest BCUT2D eigenvalue weighted by molar-refractivity contribution is 7.89. The average Bonchev–Trinajstić information content (AvgIpc) is 3.49. The van der Waals surface area contributed by atoms with Crippen molar-refractivity contribution in [3.8, 4) is 0 Å². The molecule has 0 atom stereocenters. The number of piperidine rings is 1. The van der Waals surface area contributed by atoms with Crippen LogP contribution in [0.25, 0.3) is 10.2 Å². The Balaban J connectivity index is 1.45. The maximum atomic E-state index is 13.9. The Labute approximate surface area is 238 Å². The maximum Gasteiger partial charge on any atom is 0.260 e. The topological polar surface area (TPSA) is 88.4 Å². The third kappa shape index (κ3) is 5.61. The Hall–Kier alpha value is -2.79. The van der Waals surface area contributed by atoms with Gasteiger partial charge in [0, 0.05) is 35.9 Å². The Kier molecular flexibility index (Phi) is 7.83. The number of aryl methyl sites for hydroxylation is 3. The summed E-state index contributed by atoms with van der Waals surface area (Å²) in [6.07, 6.45) is 1.71. The third-order valence-corrected chi connectivity index (χ3v) is 10.7. The van der Waals surface area contributed by atoms with Crippen molar-refractivity contribution in [2.24, 2.45) is 5.92 Å². The minimum absolute atomic E-state index is 0.202. The molecule has 0 unspecified atom stereocenters. The lowest BCUT2D eigenvalue weighted by Crippen LogP contribution is -2.38. The number of carbonyl (C=O) groups excluding carboxylic acids is 1. The van der Waals surface area contributed by atoms with Crippen LogP contribution in [0, 0.1) is 26.7 Å². The smallest absolute Gasteiger partial charge is 0.260 e. The van der Waals surface area contributed by atoms with Crippen LogP contribution in [0.2, 0.25) is 5.02 Å². The second kappa shape index (κ2) is 11.0. The van der Waals surface area contributed by atoms with Crippen molar-refractivity contribution in [2.45, 2.75) is 52.0 Å². The molecule has 8 nitrogen and oxygen atoms in total. The van der Waals surface area contributed by atoms with E-state index in [-0.39, 0.29) is 10.8 Å². The number of fused-ring (bicyclic) bond motifs is 1. The maximum absolute atomic E-state index is 13.9. The summed E-state index contributed by atoms with van der Waals surface area (Å²) < 4.78 is 30.7. The average molecular weight is 586 g/mol. The van der Waals surface area contributed by atoms with E-state index >= 15 is 0 Å². The predicted octanol–water partition coefficient (Wildman–Crippen LogP) is 5.84. The molecule has 1 aliphatic heterocycles. The van der Waals surface area contributed by atoms with Gasteiger partial charge in [-0.1, -0.05) is 29.9 Å². The van der Waals surface area contributed by atoms with Crippen molar-refractivity contribution in [3.63, 3.8) is 0 Å². The van der Waals surface area contributed by atoms with E-state index in [1.807, 2.05) is 43.7 Å². The number of anilines is 1. The minimum atomic E-state index is -3.60. The fourth-order valence-electron chi connectivity index (χ4n) is 4.88. The molecule has 0 spiro atoms. The van der Waals surface area contributed by atoms with E-state index in [0.717, 1.165) is 40.0 Å². The first-order valence-corrected chi connectivity index (χ1v) is 15.7. The number of hydrogen-bond donors (Lipinski definition) is 0. The van der Waals surface area contributed by atoms with Crippen LogP contribution in [-0.4, -0.2) is 53.0 Å². The summed E-state index contributed by atoms with van der Waals surface area (Å²) in [5.41, 5.74) is 3.95. The SMILES string of the molecule is Cc1cc(C)n(CCN(C(=O)c2ccc(S(=O)(=O)N3CCC(C)CC3)cc2)c2nc3c(C)c(Cl)ccc3s2)n1. The number of rotatable bonds is 7. The largest absolute Gasteiger partial charge is 0.282 e. The van der Waals surface area contributed by atoms with E-state index < -0.39 is 10.0 Å². The van der Waals surface area contributed by atoms with Gasteiger partial charge in [0.1, 0.15) is 0 Å². The van der Waals surface area contributed by atoms with Crippen LogP contribution < -0.4 is 4.90 Å². The van der Waals surface area contributed by atoms with Crippen molar-refractivity contribution in [1.29, 1.82) is 0 Å². The molecule has 1 aliphatic rings. The van der Waals surface area contributed by atoms with E-state index in [1.54, 1.807) is 21.3 Å². The number of benzene rings is 2. The molecule has 5 rings (SSSR count). The van der Waals surface area contributed by atoms with Crippen LogP contribution in [0.1, 0.15) is 47.1 Å². The van der Waals surface area contributed by atoms with E-state index in [2.05, 4.69) is 12.0 Å². The quantitative estimate of drug-likeness (QED) is 0.272. The lowest BCUT2D eigenvalue weighted by atomic mass is 10.0. The second-order valence-corrected chi connectivity index (χ2v) is 13.6. The van der Waals surface area contributed by atoms with Gasteiger partial charge in [-0.05, 0) is 87.6 Å². The summed E-state index contributed by atoms with van der Waals surface area (Å²) in [5.74, 6) is 0.272. The van der Waals surface area contributed by atoms with Gasteiger partial charge in [0.15, 0.2) is 5.13 Å². The number of halogens is 1. The highest BCUT2D eigenvalue weighted by Gasteiger charge is 2.29. The summed E-state index contributed by atoms with van der Waals surface area (Å²) >= 11 is 7.76. The second-order valence-electron chi connectivity index (χ2n) is 10.2. The molecule has 4 aromatic rings. The van der Waals surface area contributed by atoms with Crippen LogP contribution in [0.3, 0.4) is 0 Å². The van der Waals surface area contributed by atoms with Crippen LogP contribution in [0.5, 0.6) is 0 Å². The molecule has 1 fully saturated rings. The van der Waals surface area contributed by atoms with Crippen molar-refractivity contribution in [3.05, 3.63) is 70.0 Å². The summed E-state index contributed by atoms with van der Waals surface area (Å²) in [6, 6.07) is 12.0. The molecule has 11 heteroatoms. The van der Waals surface area contributed by atoms with E-state index in [1.165, 1.54) is 23.5 Å². The Morgan fingerprint density at radius 3 is 2.44 bits per heavy atom.